The van der Waals surface area contributed by atoms with E-state index in [0.717, 1.165) is 6.07 Å². The lowest BCUT2D eigenvalue weighted by Gasteiger charge is -2.05. The second-order valence-corrected chi connectivity index (χ2v) is 3.75. The van der Waals surface area contributed by atoms with E-state index in [2.05, 4.69) is 10.4 Å². The van der Waals surface area contributed by atoms with E-state index in [0.29, 0.717) is 12.4 Å². The first-order chi connectivity index (χ1) is 8.70. The van der Waals surface area contributed by atoms with Gasteiger partial charge in [0, 0.05) is 24.4 Å². The van der Waals surface area contributed by atoms with Crippen LogP contribution in [0.4, 0.5) is 14.6 Å². The minimum Gasteiger partial charge on any atom is -0.394 e. The Morgan fingerprint density at radius 1 is 1.28 bits per heavy atom. The summed E-state index contributed by atoms with van der Waals surface area (Å²) >= 11 is 0. The second kappa shape index (κ2) is 5.59. The van der Waals surface area contributed by atoms with Gasteiger partial charge in [-0.1, -0.05) is 12.1 Å². The molecule has 0 bridgehead atoms. The van der Waals surface area contributed by atoms with E-state index in [1.54, 1.807) is 16.9 Å². The Morgan fingerprint density at radius 2 is 2.11 bits per heavy atom. The zero-order valence-corrected chi connectivity index (χ0v) is 9.61. The molecule has 96 valence electrons. The van der Waals surface area contributed by atoms with Crippen molar-refractivity contribution in [2.75, 3.05) is 11.9 Å². The van der Waals surface area contributed by atoms with Crippen LogP contribution in [0.25, 0.3) is 0 Å². The first kappa shape index (κ1) is 12.5. The van der Waals surface area contributed by atoms with Crippen molar-refractivity contribution in [3.63, 3.8) is 0 Å². The number of aromatic nitrogens is 2. The smallest absolute Gasteiger partial charge is 0.163 e. The summed E-state index contributed by atoms with van der Waals surface area (Å²) < 4.78 is 27.9. The molecule has 18 heavy (non-hydrogen) atoms. The van der Waals surface area contributed by atoms with Gasteiger partial charge >= 0.3 is 0 Å². The van der Waals surface area contributed by atoms with E-state index in [4.69, 9.17) is 5.11 Å². The predicted octanol–water partition coefficient (Wildman–Crippen LogP) is 1.77. The van der Waals surface area contributed by atoms with E-state index in [9.17, 15) is 8.78 Å². The molecule has 0 atom stereocenters. The third-order valence-corrected chi connectivity index (χ3v) is 2.46. The lowest BCUT2D eigenvalue weighted by molar-refractivity contribution is 0.269. The fourth-order valence-electron chi connectivity index (χ4n) is 1.55. The Morgan fingerprint density at radius 3 is 2.89 bits per heavy atom. The highest BCUT2D eigenvalue weighted by Crippen LogP contribution is 2.13. The van der Waals surface area contributed by atoms with Crippen molar-refractivity contribution >= 4 is 5.82 Å². The number of nitrogens with one attached hydrogen (secondary N) is 1. The van der Waals surface area contributed by atoms with Crippen molar-refractivity contribution in [3.8, 4) is 0 Å². The molecule has 0 fully saturated rings. The maximum absolute atomic E-state index is 13.4. The Balaban J connectivity index is 2.00. The number of halogens is 2. The van der Waals surface area contributed by atoms with Crippen LogP contribution >= 0.6 is 0 Å². The van der Waals surface area contributed by atoms with E-state index in [1.165, 1.54) is 12.1 Å². The Hall–Kier alpha value is -1.95. The topological polar surface area (TPSA) is 50.1 Å². The molecule has 1 heterocycles. The van der Waals surface area contributed by atoms with Crippen LogP contribution in [0.3, 0.4) is 0 Å². The molecule has 2 rings (SSSR count). The summed E-state index contributed by atoms with van der Waals surface area (Å²) in [5.41, 5.74) is 0.242. The number of rotatable bonds is 5. The van der Waals surface area contributed by atoms with Gasteiger partial charge in [0.05, 0.1) is 13.2 Å². The summed E-state index contributed by atoms with van der Waals surface area (Å²) in [6.07, 6.45) is 1.69. The Labute approximate surface area is 103 Å². The Kier molecular flexibility index (Phi) is 3.88. The highest BCUT2D eigenvalue weighted by atomic mass is 19.2. The summed E-state index contributed by atoms with van der Waals surface area (Å²) in [5, 5.41) is 15.7. The van der Waals surface area contributed by atoms with Crippen LogP contribution in [0.5, 0.6) is 0 Å². The van der Waals surface area contributed by atoms with Crippen LogP contribution < -0.4 is 5.32 Å². The normalized spacial score (nSPS) is 10.6. The summed E-state index contributed by atoms with van der Waals surface area (Å²) in [5.74, 6) is -1.16. The fraction of sp³-hybridized carbons (Fsp3) is 0.250. The van der Waals surface area contributed by atoms with Crippen LogP contribution in [0.1, 0.15) is 5.56 Å². The molecule has 0 spiro atoms. The lowest BCUT2D eigenvalue weighted by atomic mass is 10.2. The second-order valence-electron chi connectivity index (χ2n) is 3.75. The molecule has 1 aromatic carbocycles. The van der Waals surface area contributed by atoms with Gasteiger partial charge in [0.15, 0.2) is 11.6 Å². The summed E-state index contributed by atoms with van der Waals surface area (Å²) in [6, 6.07) is 5.75. The zero-order valence-electron chi connectivity index (χ0n) is 9.61. The third-order valence-electron chi connectivity index (χ3n) is 2.46. The number of hydrogen-bond donors (Lipinski definition) is 2. The van der Waals surface area contributed by atoms with Crippen LogP contribution in [0, 0.1) is 11.6 Å². The average molecular weight is 253 g/mol. The van der Waals surface area contributed by atoms with Gasteiger partial charge in [0.25, 0.3) is 0 Å². The van der Waals surface area contributed by atoms with Gasteiger partial charge in [0.2, 0.25) is 0 Å². The molecule has 0 aliphatic heterocycles. The van der Waals surface area contributed by atoms with Gasteiger partial charge in [-0.2, -0.15) is 5.10 Å². The van der Waals surface area contributed by atoms with Crippen molar-refractivity contribution in [2.45, 2.75) is 13.1 Å². The molecule has 0 unspecified atom stereocenters. The number of nitrogens with zero attached hydrogens (tertiary/aromatic N) is 2. The zero-order chi connectivity index (χ0) is 13.0. The molecule has 0 saturated heterocycles. The molecule has 0 amide bonds. The average Bonchev–Trinajstić information content (AvgIpc) is 2.79. The molecule has 0 radical (unpaired) electrons. The van der Waals surface area contributed by atoms with Crippen molar-refractivity contribution in [1.82, 2.24) is 9.78 Å². The van der Waals surface area contributed by atoms with Crippen LogP contribution in [0.2, 0.25) is 0 Å². The minimum atomic E-state index is -0.861. The SMILES string of the molecule is OCCn1ccc(NCc2cccc(F)c2F)n1. The molecule has 4 nitrogen and oxygen atoms in total. The molecule has 6 heteroatoms. The van der Waals surface area contributed by atoms with Crippen LogP contribution in [-0.4, -0.2) is 21.5 Å². The standard InChI is InChI=1S/C12H13F2N3O/c13-10-3-1-2-9(12(10)14)8-15-11-4-5-17(16-11)6-7-18/h1-5,18H,6-8H2,(H,15,16). The van der Waals surface area contributed by atoms with E-state index in [-0.39, 0.29) is 18.7 Å². The van der Waals surface area contributed by atoms with Crippen LogP contribution in [-0.2, 0) is 13.1 Å². The minimum absolute atomic E-state index is 0.000353. The summed E-state index contributed by atoms with van der Waals surface area (Å²) in [4.78, 5) is 0. The number of anilines is 1. The van der Waals surface area contributed by atoms with Crippen molar-refractivity contribution < 1.29 is 13.9 Å². The largest absolute Gasteiger partial charge is 0.394 e. The molecule has 1 aromatic heterocycles. The van der Waals surface area contributed by atoms with Gasteiger partial charge in [-0.25, -0.2) is 8.78 Å². The van der Waals surface area contributed by atoms with Gasteiger partial charge in [-0.15, -0.1) is 0 Å². The molecular weight excluding hydrogens is 240 g/mol. The van der Waals surface area contributed by atoms with Gasteiger partial charge < -0.3 is 10.4 Å². The number of benzene rings is 1. The fourth-order valence-corrected chi connectivity index (χ4v) is 1.55. The maximum Gasteiger partial charge on any atom is 0.163 e. The quantitative estimate of drug-likeness (QED) is 0.853. The van der Waals surface area contributed by atoms with Crippen molar-refractivity contribution in [2.24, 2.45) is 0 Å². The van der Waals surface area contributed by atoms with Gasteiger partial charge in [-0.3, -0.25) is 4.68 Å². The van der Waals surface area contributed by atoms with Crippen LogP contribution in [0.15, 0.2) is 30.5 Å². The predicted molar refractivity (Wildman–Crippen MR) is 63.0 cm³/mol. The molecular formula is C12H13F2N3O. The number of hydrogen-bond acceptors (Lipinski definition) is 3. The van der Waals surface area contributed by atoms with Crippen molar-refractivity contribution in [3.05, 3.63) is 47.7 Å². The van der Waals surface area contributed by atoms with E-state index >= 15 is 0 Å². The van der Waals surface area contributed by atoms with Crippen molar-refractivity contribution in [1.29, 1.82) is 0 Å². The third kappa shape index (κ3) is 2.84. The highest BCUT2D eigenvalue weighted by molar-refractivity contribution is 5.34. The first-order valence-electron chi connectivity index (χ1n) is 5.52. The monoisotopic (exact) mass is 253 g/mol. The van der Waals surface area contributed by atoms with Gasteiger partial charge in [-0.05, 0) is 6.07 Å². The molecule has 0 aliphatic carbocycles. The van der Waals surface area contributed by atoms with Gasteiger partial charge in [0.1, 0.15) is 5.82 Å². The number of aliphatic hydroxyl groups excluding tert-OH is 1. The Bertz CT molecular complexity index is 528. The molecule has 0 saturated carbocycles. The molecule has 0 aliphatic rings. The summed E-state index contributed by atoms with van der Waals surface area (Å²) in [6.45, 7) is 0.551. The maximum atomic E-state index is 13.4. The first-order valence-corrected chi connectivity index (χ1v) is 5.52. The number of aliphatic hydroxyl groups is 1. The van der Waals surface area contributed by atoms with E-state index in [1.807, 2.05) is 0 Å². The summed E-state index contributed by atoms with van der Waals surface area (Å²) in [7, 11) is 0. The van der Waals surface area contributed by atoms with E-state index < -0.39 is 11.6 Å². The highest BCUT2D eigenvalue weighted by Gasteiger charge is 2.07. The molecule has 2 N–H and O–H groups in total. The lowest BCUT2D eigenvalue weighted by Crippen LogP contribution is -2.06. The molecule has 2 aromatic rings.